The SMILES string of the molecule is O=C1/C(=C/c2ccc(OCCCCCCCCS[O-])c(Cl)c2)N=C2C(Cc3ccccc3)=NC(c3ccccc3)=CN12.[Na+]. The van der Waals surface area contributed by atoms with Gasteiger partial charge in [0.15, 0.2) is 5.84 Å². The first kappa shape index (κ1) is 33.2. The van der Waals surface area contributed by atoms with Crippen molar-refractivity contribution in [1.29, 1.82) is 0 Å². The third-order valence-corrected chi connectivity index (χ3v) is 7.83. The maximum Gasteiger partial charge on any atom is 1.00 e. The molecule has 0 atom stereocenters. The zero-order chi connectivity index (χ0) is 29.1. The molecule has 3 aromatic rings. The second kappa shape index (κ2) is 17.0. The van der Waals surface area contributed by atoms with E-state index in [0.717, 1.165) is 66.6 Å². The zero-order valence-electron chi connectivity index (χ0n) is 24.4. The number of carbonyl (C=O) groups is 1. The predicted molar refractivity (Wildman–Crippen MR) is 172 cm³/mol. The average Bonchev–Trinajstić information content (AvgIpc) is 3.33. The summed E-state index contributed by atoms with van der Waals surface area (Å²) in [6, 6.07) is 25.4. The van der Waals surface area contributed by atoms with Crippen LogP contribution in [0.3, 0.4) is 0 Å². The van der Waals surface area contributed by atoms with Crippen LogP contribution in [0, 0.1) is 0 Å². The minimum Gasteiger partial charge on any atom is -0.799 e. The third kappa shape index (κ3) is 9.17. The van der Waals surface area contributed by atoms with Gasteiger partial charge in [0, 0.05) is 18.2 Å². The van der Waals surface area contributed by atoms with Gasteiger partial charge in [-0.2, -0.15) is 0 Å². The van der Waals surface area contributed by atoms with Gasteiger partial charge in [0.2, 0.25) is 0 Å². The molecule has 2 aliphatic rings. The molecule has 0 aromatic heterocycles. The van der Waals surface area contributed by atoms with E-state index in [4.69, 9.17) is 26.3 Å². The van der Waals surface area contributed by atoms with Crippen molar-refractivity contribution >= 4 is 52.9 Å². The van der Waals surface area contributed by atoms with Crippen molar-refractivity contribution in [3.63, 3.8) is 0 Å². The van der Waals surface area contributed by atoms with Gasteiger partial charge in [-0.25, -0.2) is 9.98 Å². The van der Waals surface area contributed by atoms with Gasteiger partial charge < -0.3 is 9.29 Å². The predicted octanol–water partition coefficient (Wildman–Crippen LogP) is 5.20. The van der Waals surface area contributed by atoms with Crippen molar-refractivity contribution in [3.05, 3.63) is 112 Å². The van der Waals surface area contributed by atoms with E-state index in [0.29, 0.717) is 53.1 Å². The summed E-state index contributed by atoms with van der Waals surface area (Å²) < 4.78 is 16.3. The molecule has 1 amide bonds. The summed E-state index contributed by atoms with van der Waals surface area (Å²) in [6.45, 7) is 0.595. The summed E-state index contributed by atoms with van der Waals surface area (Å²) in [7, 11) is 0. The molecule has 0 saturated carbocycles. The molecule has 6 nitrogen and oxygen atoms in total. The van der Waals surface area contributed by atoms with Crippen molar-refractivity contribution in [2.75, 3.05) is 12.4 Å². The Balaban J connectivity index is 0.00000423. The van der Waals surface area contributed by atoms with E-state index in [1.54, 1.807) is 23.2 Å². The number of unbranched alkanes of at least 4 members (excludes halogenated alkanes) is 5. The number of benzene rings is 3. The Morgan fingerprint density at radius 1 is 0.884 bits per heavy atom. The van der Waals surface area contributed by atoms with E-state index in [1.165, 1.54) is 0 Å². The monoisotopic (exact) mass is 621 g/mol. The summed E-state index contributed by atoms with van der Waals surface area (Å²) in [5.41, 5.74) is 4.58. The van der Waals surface area contributed by atoms with Crippen LogP contribution >= 0.6 is 23.6 Å². The number of hydrogen-bond acceptors (Lipinski definition) is 6. The smallest absolute Gasteiger partial charge is 0.799 e. The van der Waals surface area contributed by atoms with Gasteiger partial charge in [0.1, 0.15) is 11.4 Å². The topological polar surface area (TPSA) is 77.3 Å². The van der Waals surface area contributed by atoms with Crippen molar-refractivity contribution in [2.45, 2.75) is 44.9 Å². The van der Waals surface area contributed by atoms with Gasteiger partial charge in [-0.3, -0.25) is 21.7 Å². The molecule has 0 aliphatic carbocycles. The van der Waals surface area contributed by atoms with Crippen molar-refractivity contribution in [1.82, 2.24) is 4.90 Å². The number of aliphatic imine (C=N–C) groups is 2. The third-order valence-electron chi connectivity index (χ3n) is 7.08. The van der Waals surface area contributed by atoms with Crippen LogP contribution in [0.15, 0.2) is 101 Å². The molecule has 0 spiro atoms. The van der Waals surface area contributed by atoms with Crippen molar-refractivity contribution < 1.29 is 43.6 Å². The van der Waals surface area contributed by atoms with E-state index >= 15 is 0 Å². The Kier molecular flexibility index (Phi) is 13.1. The Morgan fingerprint density at radius 2 is 1.58 bits per heavy atom. The van der Waals surface area contributed by atoms with Gasteiger partial charge in [-0.1, -0.05) is 104 Å². The fourth-order valence-electron chi connectivity index (χ4n) is 4.89. The standard InChI is InChI=1S/C34H34ClN3O3S.Na/c35-28-21-26(17-18-32(28)41-19-11-3-1-2-4-12-20-42-40)23-30-34(39)38-24-31(27-15-9-6-10-16-27)36-29(33(38)37-30)22-25-13-7-5-8-14-25;/h5-10,13-18,21,23-24,40H,1-4,11-12,19-20,22H2;/q;+1/p-1/b30-23-;. The molecule has 0 unspecified atom stereocenters. The fourth-order valence-corrected chi connectivity index (χ4v) is 5.45. The first-order chi connectivity index (χ1) is 20.6. The second-order valence-electron chi connectivity index (χ2n) is 10.2. The van der Waals surface area contributed by atoms with Gasteiger partial charge in [0.25, 0.3) is 5.91 Å². The number of amidine groups is 1. The Hall–Kier alpha value is -2.65. The molecule has 3 aromatic carbocycles. The zero-order valence-corrected chi connectivity index (χ0v) is 27.9. The Labute approximate surface area is 285 Å². The molecule has 5 rings (SSSR count). The number of carbonyl (C=O) groups excluding carboxylic acids is 1. The molecule has 0 radical (unpaired) electrons. The molecular weight excluding hydrogens is 589 g/mol. The van der Waals surface area contributed by atoms with Crippen LogP contribution in [0.2, 0.25) is 5.02 Å². The van der Waals surface area contributed by atoms with Gasteiger partial charge in [-0.05, 0) is 47.9 Å². The maximum atomic E-state index is 13.5. The van der Waals surface area contributed by atoms with Gasteiger partial charge >= 0.3 is 29.6 Å². The minimum atomic E-state index is -0.206. The largest absolute Gasteiger partial charge is 1.00 e. The van der Waals surface area contributed by atoms with E-state index in [2.05, 4.69) is 0 Å². The molecule has 0 saturated heterocycles. The molecule has 43 heavy (non-hydrogen) atoms. The average molecular weight is 622 g/mol. The van der Waals surface area contributed by atoms with Gasteiger partial charge in [0.05, 0.1) is 23.0 Å². The summed E-state index contributed by atoms with van der Waals surface area (Å²) >= 11 is 7.21. The number of rotatable bonds is 14. The van der Waals surface area contributed by atoms with Crippen molar-refractivity contribution in [3.8, 4) is 5.75 Å². The number of nitrogens with zero attached hydrogens (tertiary/aromatic N) is 3. The summed E-state index contributed by atoms with van der Waals surface area (Å²) in [6.07, 6.45) is 10.5. The molecular formula is C34H33ClN3NaO3S. The maximum absolute atomic E-state index is 13.5. The Morgan fingerprint density at radius 3 is 2.30 bits per heavy atom. The van der Waals surface area contributed by atoms with Crippen molar-refractivity contribution in [2.24, 2.45) is 9.98 Å². The minimum absolute atomic E-state index is 0. The number of ether oxygens (including phenoxy) is 1. The second-order valence-corrected chi connectivity index (χ2v) is 11.3. The van der Waals surface area contributed by atoms with Crippen LogP contribution in [0.25, 0.3) is 11.8 Å². The summed E-state index contributed by atoms with van der Waals surface area (Å²) in [5, 5.41) is 0.493. The normalized spacial score (nSPS) is 15.0. The molecule has 2 heterocycles. The first-order valence-corrected chi connectivity index (χ1v) is 15.6. The number of fused-ring (bicyclic) bond motifs is 1. The van der Waals surface area contributed by atoms with Crippen LogP contribution in [-0.4, -0.2) is 39.3 Å². The molecule has 216 valence electrons. The van der Waals surface area contributed by atoms with Crippen LogP contribution < -0.4 is 34.3 Å². The fraction of sp³-hybridized carbons (Fsp3) is 0.265. The quantitative estimate of drug-likeness (QED) is 0.107. The molecule has 0 bridgehead atoms. The molecule has 0 N–H and O–H groups in total. The number of hydrogen-bond donors (Lipinski definition) is 0. The van der Waals surface area contributed by atoms with Crippen LogP contribution in [-0.2, 0) is 11.2 Å². The first-order valence-electron chi connectivity index (χ1n) is 14.3. The summed E-state index contributed by atoms with van der Waals surface area (Å²) in [5.74, 6) is 1.66. The van der Waals surface area contributed by atoms with E-state index < -0.39 is 0 Å². The van der Waals surface area contributed by atoms with Crippen LogP contribution in [0.5, 0.6) is 5.75 Å². The summed E-state index contributed by atoms with van der Waals surface area (Å²) in [4.78, 5) is 24.8. The van der Waals surface area contributed by atoms with E-state index in [9.17, 15) is 9.35 Å². The van der Waals surface area contributed by atoms with Gasteiger partial charge in [-0.15, -0.1) is 0 Å². The van der Waals surface area contributed by atoms with E-state index in [-0.39, 0.29) is 35.5 Å². The number of amides is 1. The Bertz CT molecular complexity index is 1510. The number of halogens is 1. The van der Waals surface area contributed by atoms with E-state index in [1.807, 2.05) is 72.8 Å². The molecule has 9 heteroatoms. The van der Waals surface area contributed by atoms with Crippen LogP contribution in [0.1, 0.15) is 55.2 Å². The molecule has 0 fully saturated rings. The van der Waals surface area contributed by atoms with Crippen LogP contribution in [0.4, 0.5) is 0 Å². The molecule has 2 aliphatic heterocycles.